The van der Waals surface area contributed by atoms with Gasteiger partial charge in [-0.1, -0.05) is 55.8 Å². The second kappa shape index (κ2) is 18.6. The smallest absolute Gasteiger partial charge is 0.406 e. The lowest BCUT2D eigenvalue weighted by atomic mass is 10.1. The Kier molecular flexibility index (Phi) is 16.5. The van der Waals surface area contributed by atoms with Crippen molar-refractivity contribution in [1.29, 1.82) is 0 Å². The van der Waals surface area contributed by atoms with Gasteiger partial charge in [0.1, 0.15) is 0 Å². The van der Waals surface area contributed by atoms with Crippen molar-refractivity contribution >= 4 is 24.2 Å². The number of hydrogen-bond acceptors (Lipinski definition) is 5. The molecule has 0 aliphatic heterocycles. The van der Waals surface area contributed by atoms with E-state index in [0.717, 1.165) is 0 Å². The minimum absolute atomic E-state index is 0.0587. The van der Waals surface area contributed by atoms with Crippen molar-refractivity contribution in [2.75, 3.05) is 13.3 Å². The van der Waals surface area contributed by atoms with Crippen molar-refractivity contribution in [3.63, 3.8) is 0 Å². The summed E-state index contributed by atoms with van der Waals surface area (Å²) in [4.78, 5) is 36.2. The molecule has 0 heterocycles. The van der Waals surface area contributed by atoms with Crippen LogP contribution >= 0.6 is 0 Å². The van der Waals surface area contributed by atoms with Crippen LogP contribution in [-0.4, -0.2) is 42.6 Å². The van der Waals surface area contributed by atoms with E-state index in [0.29, 0.717) is 18.4 Å². The monoisotopic (exact) mass is 431 g/mol. The van der Waals surface area contributed by atoms with E-state index in [9.17, 15) is 14.4 Å². The van der Waals surface area contributed by atoms with Gasteiger partial charge in [-0.25, -0.2) is 4.79 Å². The molecule has 0 saturated heterocycles. The summed E-state index contributed by atoms with van der Waals surface area (Å²) in [5, 5.41) is 11.0. The molecule has 0 fully saturated rings. The quantitative estimate of drug-likeness (QED) is 0.249. The molecular weight excluding hydrogens is 398 g/mol. The van der Waals surface area contributed by atoms with Gasteiger partial charge in [0.25, 0.3) is 0 Å². The molecule has 0 aromatic heterocycles. The summed E-state index contributed by atoms with van der Waals surface area (Å²) in [7, 11) is 0. The number of carboxylic acid groups (broad SMARTS) is 1. The minimum atomic E-state index is -0.980. The van der Waals surface area contributed by atoms with Crippen LogP contribution in [0.1, 0.15) is 44.6 Å². The van der Waals surface area contributed by atoms with Gasteiger partial charge < -0.3 is 20.9 Å². The zero-order chi connectivity index (χ0) is 23.3. The van der Waals surface area contributed by atoms with Gasteiger partial charge in [0.05, 0.1) is 6.42 Å². The third kappa shape index (κ3) is 17.2. The molecule has 0 saturated carbocycles. The van der Waals surface area contributed by atoms with Crippen molar-refractivity contribution in [2.45, 2.75) is 45.4 Å². The number of aryl methyl sites for hydroxylation is 1. The number of carboxylic acids is 1. The summed E-state index contributed by atoms with van der Waals surface area (Å²) in [6.45, 7) is 5.66. The van der Waals surface area contributed by atoms with Gasteiger partial charge in [-0.3, -0.25) is 14.6 Å². The molecule has 4 N–H and O–H groups in total. The first-order valence-electron chi connectivity index (χ1n) is 10.1. The molecule has 1 rings (SSSR count). The molecule has 8 heteroatoms. The Bertz CT molecular complexity index is 730. The van der Waals surface area contributed by atoms with E-state index >= 15 is 0 Å². The SMILES string of the molecule is C=CC/C(=C\C/C=N/COC(N)=O)C(=O)NCCC(=O)O.CCCCc1ccccc1. The lowest BCUT2D eigenvalue weighted by Gasteiger charge is -2.05. The van der Waals surface area contributed by atoms with E-state index in [-0.39, 0.29) is 25.6 Å². The molecule has 170 valence electrons. The molecule has 31 heavy (non-hydrogen) atoms. The van der Waals surface area contributed by atoms with E-state index in [2.05, 4.69) is 58.9 Å². The lowest BCUT2D eigenvalue weighted by Crippen LogP contribution is -2.27. The Morgan fingerprint density at radius 3 is 2.55 bits per heavy atom. The minimum Gasteiger partial charge on any atom is -0.481 e. The fourth-order valence-electron chi connectivity index (χ4n) is 2.27. The van der Waals surface area contributed by atoms with Crippen molar-refractivity contribution in [3.05, 3.63) is 60.2 Å². The fraction of sp³-hybridized carbons (Fsp3) is 0.391. The van der Waals surface area contributed by atoms with Gasteiger partial charge in [0.15, 0.2) is 6.73 Å². The highest BCUT2D eigenvalue weighted by atomic mass is 16.6. The maximum Gasteiger partial charge on any atom is 0.406 e. The van der Waals surface area contributed by atoms with Crippen molar-refractivity contribution in [1.82, 2.24) is 5.32 Å². The summed E-state index contributed by atoms with van der Waals surface area (Å²) in [6, 6.07) is 10.6. The molecule has 0 spiro atoms. The number of allylic oxidation sites excluding steroid dienone is 2. The number of nitrogens with two attached hydrogens (primary N) is 1. The van der Waals surface area contributed by atoms with Crippen LogP contribution in [0.5, 0.6) is 0 Å². The molecule has 2 amide bonds. The van der Waals surface area contributed by atoms with E-state index in [1.807, 2.05) is 0 Å². The number of carbonyl (C=O) groups is 3. The van der Waals surface area contributed by atoms with Crippen LogP contribution in [0.25, 0.3) is 0 Å². The number of primary amides is 1. The molecule has 0 radical (unpaired) electrons. The molecule has 0 atom stereocenters. The van der Waals surface area contributed by atoms with Gasteiger partial charge in [-0.15, -0.1) is 6.58 Å². The number of nitrogens with one attached hydrogen (secondary N) is 1. The molecule has 0 aliphatic carbocycles. The molecule has 0 unspecified atom stereocenters. The standard InChI is InChI=1S/C13H19N3O5.C10H14/c1-2-4-10(12(19)16-8-6-11(17)18)5-3-7-15-9-21-13(14)20;1-2-3-7-10-8-5-4-6-9-10/h2,5,7H,1,3-4,6,8-9H2,(H2,14,20)(H,16,19)(H,17,18);4-6,8-9H,2-3,7H2,1H3/b10-5+,15-7+;. The Hall–Kier alpha value is -3.42. The van der Waals surface area contributed by atoms with Crippen LogP contribution in [-0.2, 0) is 20.7 Å². The normalized spacial score (nSPS) is 10.7. The highest BCUT2D eigenvalue weighted by Gasteiger charge is 2.07. The lowest BCUT2D eigenvalue weighted by molar-refractivity contribution is -0.136. The van der Waals surface area contributed by atoms with Crippen LogP contribution in [0.3, 0.4) is 0 Å². The summed E-state index contributed by atoms with van der Waals surface area (Å²) in [6.07, 6.45) is 8.16. The number of benzene rings is 1. The van der Waals surface area contributed by atoms with E-state index in [4.69, 9.17) is 10.8 Å². The number of unbranched alkanes of at least 4 members (excludes halogenated alkanes) is 1. The molecule has 0 aliphatic rings. The number of carbonyl (C=O) groups excluding carboxylic acids is 2. The van der Waals surface area contributed by atoms with Gasteiger partial charge in [-0.2, -0.15) is 0 Å². The average molecular weight is 432 g/mol. The fourth-order valence-corrected chi connectivity index (χ4v) is 2.27. The number of hydrogen-bond donors (Lipinski definition) is 3. The maximum atomic E-state index is 11.8. The maximum absolute atomic E-state index is 11.8. The van der Waals surface area contributed by atoms with Crippen molar-refractivity contribution < 1.29 is 24.2 Å². The van der Waals surface area contributed by atoms with Crippen LogP contribution in [0.4, 0.5) is 4.79 Å². The summed E-state index contributed by atoms with van der Waals surface area (Å²) in [5.74, 6) is -1.33. The predicted octanol–water partition coefficient (Wildman–Crippen LogP) is 3.62. The Labute approximate surface area is 183 Å². The van der Waals surface area contributed by atoms with Crippen LogP contribution in [0, 0.1) is 0 Å². The zero-order valence-electron chi connectivity index (χ0n) is 18.1. The van der Waals surface area contributed by atoms with Crippen molar-refractivity contribution in [2.24, 2.45) is 10.7 Å². The first-order chi connectivity index (χ1) is 14.9. The zero-order valence-corrected chi connectivity index (χ0v) is 18.1. The number of amides is 2. The van der Waals surface area contributed by atoms with E-state index < -0.39 is 12.1 Å². The van der Waals surface area contributed by atoms with E-state index in [1.54, 1.807) is 12.2 Å². The molecule has 1 aromatic rings. The highest BCUT2D eigenvalue weighted by molar-refractivity contribution is 5.94. The van der Waals surface area contributed by atoms with Crippen molar-refractivity contribution in [3.8, 4) is 0 Å². The van der Waals surface area contributed by atoms with Gasteiger partial charge >= 0.3 is 12.1 Å². The highest BCUT2D eigenvalue weighted by Crippen LogP contribution is 2.04. The second-order valence-corrected chi connectivity index (χ2v) is 6.40. The largest absolute Gasteiger partial charge is 0.481 e. The first kappa shape index (κ1) is 27.6. The summed E-state index contributed by atoms with van der Waals surface area (Å²) >= 11 is 0. The van der Waals surface area contributed by atoms with E-state index in [1.165, 1.54) is 31.0 Å². The molecule has 0 bridgehead atoms. The third-order valence-corrected chi connectivity index (χ3v) is 3.82. The second-order valence-electron chi connectivity index (χ2n) is 6.40. The summed E-state index contributed by atoms with van der Waals surface area (Å²) < 4.78 is 4.39. The number of rotatable bonds is 13. The van der Waals surface area contributed by atoms with Gasteiger partial charge in [0, 0.05) is 24.8 Å². The predicted molar refractivity (Wildman–Crippen MR) is 122 cm³/mol. The number of nitrogens with zero attached hydrogens (tertiary/aromatic N) is 1. The van der Waals surface area contributed by atoms with Crippen LogP contribution in [0.2, 0.25) is 0 Å². The molecular formula is C23H33N3O5. The number of aliphatic carboxylic acids is 1. The molecule has 1 aromatic carbocycles. The molecule has 8 nitrogen and oxygen atoms in total. The van der Waals surface area contributed by atoms with Crippen LogP contribution < -0.4 is 11.1 Å². The Morgan fingerprint density at radius 2 is 1.97 bits per heavy atom. The topological polar surface area (TPSA) is 131 Å². The third-order valence-electron chi connectivity index (χ3n) is 3.82. The summed E-state index contributed by atoms with van der Waals surface area (Å²) in [5.41, 5.74) is 6.67. The Morgan fingerprint density at radius 1 is 1.26 bits per heavy atom. The average Bonchev–Trinajstić information content (AvgIpc) is 2.74. The van der Waals surface area contributed by atoms with Gasteiger partial charge in [0.2, 0.25) is 5.91 Å². The number of aliphatic imine (C=N–C) groups is 1. The first-order valence-corrected chi connectivity index (χ1v) is 10.1. The van der Waals surface area contributed by atoms with Crippen LogP contribution in [0.15, 0.2) is 59.6 Å². The Balaban J connectivity index is 0.000000743. The number of ether oxygens (including phenoxy) is 1. The van der Waals surface area contributed by atoms with Gasteiger partial charge in [-0.05, 0) is 24.8 Å².